The summed E-state index contributed by atoms with van der Waals surface area (Å²) in [6, 6.07) is 16.4. The van der Waals surface area contributed by atoms with Crippen molar-refractivity contribution in [2.75, 3.05) is 0 Å². The molecule has 0 fully saturated rings. The van der Waals surface area contributed by atoms with Crippen molar-refractivity contribution in [2.45, 2.75) is 6.61 Å². The van der Waals surface area contributed by atoms with E-state index in [4.69, 9.17) is 26.6 Å². The van der Waals surface area contributed by atoms with Crippen molar-refractivity contribution in [3.8, 4) is 11.5 Å². The first-order valence-electron chi connectivity index (χ1n) is 6.81. The molecule has 0 bridgehead atoms. The maximum absolute atomic E-state index is 5.82. The summed E-state index contributed by atoms with van der Waals surface area (Å²) in [5, 5.41) is 12.3. The Kier molecular flexibility index (Phi) is 4.54. The third-order valence-electron chi connectivity index (χ3n) is 2.98. The van der Waals surface area contributed by atoms with Crippen LogP contribution in [0.25, 0.3) is 11.5 Å². The average molecular weight is 329 g/mol. The Hall–Kier alpha value is -2.86. The first-order valence-corrected chi connectivity index (χ1v) is 7.19. The van der Waals surface area contributed by atoms with Crippen molar-refractivity contribution in [3.05, 3.63) is 71.1 Å². The van der Waals surface area contributed by atoms with E-state index in [0.717, 1.165) is 5.56 Å². The minimum Gasteiger partial charge on any atom is -0.417 e. The maximum atomic E-state index is 5.82. The van der Waals surface area contributed by atoms with Crippen molar-refractivity contribution >= 4 is 17.4 Å². The quantitative estimate of drug-likeness (QED) is 0.441. The van der Waals surface area contributed by atoms with Gasteiger partial charge in [0.25, 0.3) is 5.89 Å². The summed E-state index contributed by atoms with van der Waals surface area (Å²) in [4.78, 5) is 5.15. The first kappa shape index (κ1) is 15.1. The number of rotatable bonds is 5. The summed E-state index contributed by atoms with van der Waals surface area (Å²) in [5.74, 6) is 0.986. The van der Waals surface area contributed by atoms with E-state index in [-0.39, 0.29) is 12.4 Å². The fourth-order valence-electron chi connectivity index (χ4n) is 1.84. The highest BCUT2D eigenvalue weighted by atomic mass is 35.5. The van der Waals surface area contributed by atoms with Crippen LogP contribution in [-0.2, 0) is 11.4 Å². The lowest BCUT2D eigenvalue weighted by molar-refractivity contribution is 0.111. The van der Waals surface area contributed by atoms with Gasteiger partial charge in [-0.3, -0.25) is 0 Å². The monoisotopic (exact) mass is 328 g/mol. The summed E-state index contributed by atoms with van der Waals surface area (Å²) in [6.07, 6.45) is 0. The van der Waals surface area contributed by atoms with Gasteiger partial charge >= 0.3 is 0 Å². The molecule has 6 nitrogen and oxygen atoms in total. The van der Waals surface area contributed by atoms with Gasteiger partial charge in [-0.25, -0.2) is 0 Å². The molecule has 2 N–H and O–H groups in total. The van der Waals surface area contributed by atoms with Crippen LogP contribution in [0.1, 0.15) is 11.5 Å². The molecule has 2 aromatic carbocycles. The lowest BCUT2D eigenvalue weighted by Crippen LogP contribution is -2.13. The molecular weight excluding hydrogens is 316 g/mol. The number of aromatic nitrogens is 2. The van der Waals surface area contributed by atoms with Crippen LogP contribution in [-0.4, -0.2) is 16.0 Å². The van der Waals surface area contributed by atoms with Crippen molar-refractivity contribution in [3.63, 3.8) is 0 Å². The van der Waals surface area contributed by atoms with Gasteiger partial charge in [0.2, 0.25) is 5.89 Å². The fraction of sp³-hybridized carbons (Fsp3) is 0.0625. The molecule has 0 aliphatic heterocycles. The van der Waals surface area contributed by atoms with Crippen LogP contribution in [0.4, 0.5) is 0 Å². The Bertz CT molecular complexity index is 800. The summed E-state index contributed by atoms with van der Waals surface area (Å²) >= 11 is 5.81. The molecule has 0 radical (unpaired) electrons. The van der Waals surface area contributed by atoms with E-state index in [1.165, 1.54) is 0 Å². The van der Waals surface area contributed by atoms with Gasteiger partial charge in [0.15, 0.2) is 12.4 Å². The van der Waals surface area contributed by atoms with Gasteiger partial charge in [0.05, 0.1) is 0 Å². The zero-order valence-electron chi connectivity index (χ0n) is 12.0. The molecule has 3 aromatic rings. The molecule has 0 aliphatic rings. The molecule has 0 saturated heterocycles. The molecule has 0 amide bonds. The van der Waals surface area contributed by atoms with E-state index >= 15 is 0 Å². The molecule has 23 heavy (non-hydrogen) atoms. The van der Waals surface area contributed by atoms with Gasteiger partial charge in [-0.1, -0.05) is 35.0 Å². The van der Waals surface area contributed by atoms with E-state index in [1.54, 1.807) is 24.3 Å². The minimum absolute atomic E-state index is 0.0358. The van der Waals surface area contributed by atoms with Gasteiger partial charge in [-0.2, -0.15) is 0 Å². The lowest BCUT2D eigenvalue weighted by atomic mass is 10.2. The number of hydrogen-bond donors (Lipinski definition) is 1. The SMILES string of the molecule is N/C(=N/OCc1nnc(-c2ccccc2)o1)c1ccc(Cl)cc1. The van der Waals surface area contributed by atoms with Gasteiger partial charge < -0.3 is 15.0 Å². The Morgan fingerprint density at radius 3 is 2.57 bits per heavy atom. The van der Waals surface area contributed by atoms with Gasteiger partial charge in [-0.05, 0) is 36.4 Å². The van der Waals surface area contributed by atoms with Crippen LogP contribution in [0.2, 0.25) is 5.02 Å². The zero-order chi connectivity index (χ0) is 16.1. The van der Waals surface area contributed by atoms with E-state index in [1.807, 2.05) is 30.3 Å². The fourth-order valence-corrected chi connectivity index (χ4v) is 1.97. The number of nitrogens with zero attached hydrogens (tertiary/aromatic N) is 3. The van der Waals surface area contributed by atoms with Crippen molar-refractivity contribution in [1.82, 2.24) is 10.2 Å². The van der Waals surface area contributed by atoms with Gasteiger partial charge in [0.1, 0.15) is 0 Å². The summed E-state index contributed by atoms with van der Waals surface area (Å²) < 4.78 is 5.50. The smallest absolute Gasteiger partial charge is 0.257 e. The topological polar surface area (TPSA) is 86.5 Å². The van der Waals surface area contributed by atoms with Crippen LogP contribution in [0.15, 0.2) is 64.2 Å². The van der Waals surface area contributed by atoms with Gasteiger partial charge in [-0.15, -0.1) is 10.2 Å². The van der Waals surface area contributed by atoms with Crippen molar-refractivity contribution in [2.24, 2.45) is 10.9 Å². The molecule has 0 spiro atoms. The molecule has 116 valence electrons. The lowest BCUT2D eigenvalue weighted by Gasteiger charge is -2.00. The van der Waals surface area contributed by atoms with Crippen LogP contribution in [0.5, 0.6) is 0 Å². The average Bonchev–Trinajstić information content (AvgIpc) is 3.05. The maximum Gasteiger partial charge on any atom is 0.257 e. The Morgan fingerprint density at radius 1 is 1.09 bits per heavy atom. The summed E-state index contributed by atoms with van der Waals surface area (Å²) in [5.41, 5.74) is 7.38. The predicted octanol–water partition coefficient (Wildman–Crippen LogP) is 3.23. The van der Waals surface area contributed by atoms with E-state index in [9.17, 15) is 0 Å². The Morgan fingerprint density at radius 2 is 1.83 bits per heavy atom. The molecule has 1 aromatic heterocycles. The first-order chi connectivity index (χ1) is 11.2. The normalized spacial score (nSPS) is 11.4. The standard InChI is InChI=1S/C16H13ClN4O2/c17-13-8-6-11(7-9-13)15(18)21-22-10-14-19-20-16(23-14)12-4-2-1-3-5-12/h1-9H,10H2,(H2,18,21). The highest BCUT2D eigenvalue weighted by Crippen LogP contribution is 2.17. The summed E-state index contributed by atoms with van der Waals surface area (Å²) in [6.45, 7) is 0.0358. The number of amidine groups is 1. The summed E-state index contributed by atoms with van der Waals surface area (Å²) in [7, 11) is 0. The molecule has 0 atom stereocenters. The second kappa shape index (κ2) is 6.93. The second-order valence-corrected chi connectivity index (χ2v) is 5.06. The number of nitrogens with two attached hydrogens (primary N) is 1. The number of benzene rings is 2. The highest BCUT2D eigenvalue weighted by Gasteiger charge is 2.08. The number of halogens is 1. The van der Waals surface area contributed by atoms with Crippen molar-refractivity contribution < 1.29 is 9.25 Å². The molecular formula is C16H13ClN4O2. The van der Waals surface area contributed by atoms with Gasteiger partial charge in [0, 0.05) is 16.1 Å². The van der Waals surface area contributed by atoms with Crippen LogP contribution >= 0.6 is 11.6 Å². The van der Waals surface area contributed by atoms with E-state index in [0.29, 0.717) is 22.4 Å². The molecule has 0 aliphatic carbocycles. The number of hydrogen-bond acceptors (Lipinski definition) is 5. The molecule has 7 heteroatoms. The van der Waals surface area contributed by atoms with Crippen molar-refractivity contribution in [1.29, 1.82) is 0 Å². The van der Waals surface area contributed by atoms with Crippen LogP contribution < -0.4 is 5.73 Å². The van der Waals surface area contributed by atoms with Crippen LogP contribution in [0, 0.1) is 0 Å². The van der Waals surface area contributed by atoms with E-state index < -0.39 is 0 Å². The number of oxime groups is 1. The third-order valence-corrected chi connectivity index (χ3v) is 3.23. The molecule has 3 rings (SSSR count). The highest BCUT2D eigenvalue weighted by molar-refractivity contribution is 6.30. The minimum atomic E-state index is 0.0358. The molecule has 0 saturated carbocycles. The largest absolute Gasteiger partial charge is 0.417 e. The van der Waals surface area contributed by atoms with Crippen LogP contribution in [0.3, 0.4) is 0 Å². The molecule has 0 unspecified atom stereocenters. The Labute approximate surface area is 137 Å². The predicted molar refractivity (Wildman–Crippen MR) is 86.7 cm³/mol. The zero-order valence-corrected chi connectivity index (χ0v) is 12.8. The van der Waals surface area contributed by atoms with E-state index in [2.05, 4.69) is 15.4 Å². The third kappa shape index (κ3) is 3.87. The second-order valence-electron chi connectivity index (χ2n) is 4.62. The Balaban J connectivity index is 1.61. The molecule has 1 heterocycles.